The lowest BCUT2D eigenvalue weighted by atomic mass is 9.64. The van der Waals surface area contributed by atoms with Crippen molar-refractivity contribution in [3.63, 3.8) is 0 Å². The highest BCUT2D eigenvalue weighted by Gasteiger charge is 2.53. The monoisotopic (exact) mass is 513 g/mol. The molecule has 1 unspecified atom stereocenters. The van der Waals surface area contributed by atoms with Crippen LogP contribution in [0, 0.1) is 5.92 Å². The number of hydrogen-bond donors (Lipinski definition) is 1. The van der Waals surface area contributed by atoms with Crippen molar-refractivity contribution in [3.05, 3.63) is 102 Å². The molecule has 3 nitrogen and oxygen atoms in total. The average Bonchev–Trinajstić information content (AvgIpc) is 3.25. The fraction of sp³-hybridized carbons (Fsp3) is 0.345. The topological polar surface area (TPSA) is 43.1 Å². The molecule has 1 aliphatic rings. The molecule has 0 aromatic heterocycles. The third-order valence-corrected chi connectivity index (χ3v) is 8.49. The quantitative estimate of drug-likeness (QED) is 0.213. The van der Waals surface area contributed by atoms with Gasteiger partial charge in [-0.1, -0.05) is 66.7 Å². The molecule has 0 aliphatic carbocycles. The summed E-state index contributed by atoms with van der Waals surface area (Å²) in [5.74, 6) is 0.442. The number of primary amides is 1. The van der Waals surface area contributed by atoms with Gasteiger partial charge in [-0.2, -0.15) is 13.2 Å². The maximum Gasteiger partial charge on any atom is 0.416 e. The van der Waals surface area contributed by atoms with Crippen LogP contribution in [0.1, 0.15) is 29.5 Å². The van der Waals surface area contributed by atoms with Gasteiger partial charge in [0.1, 0.15) is 5.41 Å². The number of benzene rings is 3. The molecule has 0 bridgehead atoms. The van der Waals surface area contributed by atoms with Gasteiger partial charge in [-0.15, -0.1) is 11.8 Å². The van der Waals surface area contributed by atoms with Crippen molar-refractivity contribution in [2.24, 2.45) is 11.7 Å². The van der Waals surface area contributed by atoms with E-state index in [-0.39, 0.29) is 11.8 Å². The van der Waals surface area contributed by atoms with E-state index in [4.69, 9.17) is 5.73 Å². The summed E-state index contributed by atoms with van der Waals surface area (Å²) >= 11 is 1.45. The molecular weight excluding hydrogens is 481 g/mol. The second kappa shape index (κ2) is 10.7. The van der Waals surface area contributed by atoms with Gasteiger partial charge >= 0.3 is 6.18 Å². The number of amides is 1. The molecule has 3 aromatic rings. The molecule has 2 N–H and O–H groups in total. The number of carbonyl (C=O) groups is 1. The minimum atomic E-state index is -4.33. The van der Waals surface area contributed by atoms with E-state index in [0.717, 1.165) is 59.9 Å². The smallest absolute Gasteiger partial charge is 0.369 e. The Kier molecular flexibility index (Phi) is 7.81. The predicted octanol–water partition coefficient (Wildman–Crippen LogP) is 6.13. The van der Waals surface area contributed by atoms with Crippen molar-refractivity contribution in [1.82, 2.24) is 0 Å². The van der Waals surface area contributed by atoms with Gasteiger partial charge in [0, 0.05) is 29.4 Å². The molecule has 190 valence electrons. The van der Waals surface area contributed by atoms with Crippen LogP contribution in [0.5, 0.6) is 0 Å². The fourth-order valence-corrected chi connectivity index (χ4v) is 6.56. The first-order chi connectivity index (χ1) is 17.1. The molecule has 2 atom stereocenters. The number of quaternary nitrogens is 1. The molecule has 7 heteroatoms. The Morgan fingerprint density at radius 2 is 1.53 bits per heavy atom. The van der Waals surface area contributed by atoms with Crippen LogP contribution < -0.4 is 5.73 Å². The summed E-state index contributed by atoms with van der Waals surface area (Å²) in [4.78, 5) is 13.9. The van der Waals surface area contributed by atoms with E-state index in [1.807, 2.05) is 60.7 Å². The number of rotatable bonds is 9. The normalized spacial score (nSPS) is 20.4. The molecule has 4 rings (SSSR count). The molecule has 1 heterocycles. The van der Waals surface area contributed by atoms with Gasteiger partial charge in [0.05, 0.1) is 32.2 Å². The number of likely N-dealkylation sites (tertiary alicyclic amines) is 1. The van der Waals surface area contributed by atoms with E-state index >= 15 is 0 Å². The lowest BCUT2D eigenvalue weighted by molar-refractivity contribution is -0.899. The van der Waals surface area contributed by atoms with Gasteiger partial charge in [-0.05, 0) is 29.3 Å². The van der Waals surface area contributed by atoms with Crippen LogP contribution in [-0.2, 0) is 16.4 Å². The second-order valence-corrected chi connectivity index (χ2v) is 11.0. The molecule has 1 saturated heterocycles. The van der Waals surface area contributed by atoms with Crippen molar-refractivity contribution in [2.45, 2.75) is 29.3 Å². The summed E-state index contributed by atoms with van der Waals surface area (Å²) in [6, 6.07) is 25.1. The first kappa shape index (κ1) is 26.3. The van der Waals surface area contributed by atoms with Gasteiger partial charge in [-0.3, -0.25) is 4.79 Å². The Hall–Kier alpha value is -2.77. The lowest BCUT2D eigenvalue weighted by Crippen LogP contribution is -2.51. The molecule has 0 spiro atoms. The average molecular weight is 514 g/mol. The molecule has 1 amide bonds. The largest absolute Gasteiger partial charge is 0.416 e. The van der Waals surface area contributed by atoms with E-state index in [2.05, 4.69) is 7.05 Å². The standard InChI is InChI=1S/C29H31F3N2OS/c1-34(17-9-19-36-26-15-8-14-24(20-26)29(30,31)32)18-16-25(21-34)28(27(33)35,22-10-4-2-5-11-22)23-12-6-3-7-13-23/h2-8,10-15,20,25H,9,16-19,21H2,1H3,(H-,33,35)/p+1/t25?,34-/m1/s1. The Morgan fingerprint density at radius 3 is 2.08 bits per heavy atom. The highest BCUT2D eigenvalue weighted by molar-refractivity contribution is 7.99. The first-order valence-electron chi connectivity index (χ1n) is 12.2. The molecule has 0 saturated carbocycles. The number of thioether (sulfide) groups is 1. The van der Waals surface area contributed by atoms with Gasteiger partial charge < -0.3 is 10.2 Å². The number of hydrogen-bond acceptors (Lipinski definition) is 2. The molecule has 1 aliphatic heterocycles. The van der Waals surface area contributed by atoms with E-state index in [1.54, 1.807) is 6.07 Å². The van der Waals surface area contributed by atoms with E-state index < -0.39 is 17.2 Å². The highest BCUT2D eigenvalue weighted by Crippen LogP contribution is 2.45. The molecule has 1 fully saturated rings. The van der Waals surface area contributed by atoms with Crippen LogP contribution in [-0.4, -0.2) is 42.8 Å². The van der Waals surface area contributed by atoms with Crippen LogP contribution in [0.25, 0.3) is 0 Å². The second-order valence-electron chi connectivity index (χ2n) is 9.87. The van der Waals surface area contributed by atoms with Crippen LogP contribution in [0.15, 0.2) is 89.8 Å². The number of alkyl halides is 3. The summed E-state index contributed by atoms with van der Waals surface area (Å²) in [6.07, 6.45) is -2.60. The van der Waals surface area contributed by atoms with Gasteiger partial charge in [-0.25, -0.2) is 0 Å². The Morgan fingerprint density at radius 1 is 0.944 bits per heavy atom. The number of carbonyl (C=O) groups excluding carboxylic acids is 1. The first-order valence-corrected chi connectivity index (χ1v) is 13.2. The zero-order chi connectivity index (χ0) is 25.8. The van der Waals surface area contributed by atoms with Crippen molar-refractivity contribution in [2.75, 3.05) is 32.4 Å². The Bertz CT molecular complexity index is 1130. The number of halogens is 3. The van der Waals surface area contributed by atoms with E-state index in [9.17, 15) is 18.0 Å². The highest BCUT2D eigenvalue weighted by atomic mass is 32.2. The maximum absolute atomic E-state index is 13.3. The molecule has 36 heavy (non-hydrogen) atoms. The van der Waals surface area contributed by atoms with Gasteiger partial charge in [0.2, 0.25) is 5.91 Å². The van der Waals surface area contributed by atoms with Crippen LogP contribution in [0.4, 0.5) is 13.2 Å². The van der Waals surface area contributed by atoms with Crippen molar-refractivity contribution in [1.29, 1.82) is 0 Å². The van der Waals surface area contributed by atoms with Crippen LogP contribution in [0.2, 0.25) is 0 Å². The summed E-state index contributed by atoms with van der Waals surface area (Å²) in [5, 5.41) is 0. The third kappa shape index (κ3) is 5.47. The Balaban J connectivity index is 1.48. The zero-order valence-corrected chi connectivity index (χ0v) is 21.2. The SMILES string of the molecule is C[N@@+]1(CCCSc2cccc(C(F)(F)F)c2)CCC(C(C(N)=O)(c2ccccc2)c2ccccc2)C1. The van der Waals surface area contributed by atoms with E-state index in [1.165, 1.54) is 23.9 Å². The number of nitrogens with zero attached hydrogens (tertiary/aromatic N) is 1. The van der Waals surface area contributed by atoms with Gasteiger partial charge in [0.25, 0.3) is 0 Å². The van der Waals surface area contributed by atoms with Gasteiger partial charge in [0.15, 0.2) is 0 Å². The molecule has 0 radical (unpaired) electrons. The third-order valence-electron chi connectivity index (χ3n) is 7.41. The predicted molar refractivity (Wildman–Crippen MR) is 139 cm³/mol. The zero-order valence-electron chi connectivity index (χ0n) is 20.4. The lowest BCUT2D eigenvalue weighted by Gasteiger charge is -2.38. The van der Waals surface area contributed by atoms with Crippen molar-refractivity contribution < 1.29 is 22.4 Å². The minimum absolute atomic E-state index is 0.0425. The van der Waals surface area contributed by atoms with Crippen molar-refractivity contribution in [3.8, 4) is 0 Å². The van der Waals surface area contributed by atoms with E-state index in [0.29, 0.717) is 4.90 Å². The summed E-state index contributed by atoms with van der Waals surface area (Å²) in [6.45, 7) is 2.62. The molecular formula is C29H32F3N2OS+. The maximum atomic E-state index is 13.3. The summed E-state index contributed by atoms with van der Waals surface area (Å²) in [5.41, 5.74) is 6.52. The Labute approximate surface area is 215 Å². The van der Waals surface area contributed by atoms with Crippen molar-refractivity contribution >= 4 is 17.7 Å². The van der Waals surface area contributed by atoms with Crippen LogP contribution in [0.3, 0.4) is 0 Å². The van der Waals surface area contributed by atoms with Crippen LogP contribution >= 0.6 is 11.8 Å². The summed E-state index contributed by atoms with van der Waals surface area (Å²) in [7, 11) is 2.21. The fourth-order valence-electron chi connectivity index (χ4n) is 5.66. The minimum Gasteiger partial charge on any atom is -0.369 e. The number of nitrogens with two attached hydrogens (primary N) is 1. The molecule has 3 aromatic carbocycles. The summed E-state index contributed by atoms with van der Waals surface area (Å²) < 4.78 is 39.8.